The number of nitrogens with zero attached hydrogens (tertiary/aromatic N) is 1. The van der Waals surface area contributed by atoms with Gasteiger partial charge in [0.15, 0.2) is 17.4 Å². The van der Waals surface area contributed by atoms with Crippen molar-refractivity contribution in [3.8, 4) is 5.75 Å². The Labute approximate surface area is 113 Å². The van der Waals surface area contributed by atoms with Crippen LogP contribution in [-0.4, -0.2) is 22.6 Å². The Hall–Kier alpha value is -1.16. The fraction of sp³-hybridized carbons (Fsp3) is 0.600. The molecule has 1 N–H and O–H groups in total. The molecule has 0 radical (unpaired) electrons. The Balaban J connectivity index is 2.14. The molecular formula is C15H21F2NO. The van der Waals surface area contributed by atoms with Crippen molar-refractivity contribution in [1.82, 2.24) is 4.90 Å². The molecule has 1 saturated heterocycles. The molecule has 4 heteroatoms. The van der Waals surface area contributed by atoms with Gasteiger partial charge in [-0.2, -0.15) is 0 Å². The van der Waals surface area contributed by atoms with E-state index in [1.54, 1.807) is 0 Å². The highest BCUT2D eigenvalue weighted by atomic mass is 19.1. The lowest BCUT2D eigenvalue weighted by molar-refractivity contribution is 0.185. The number of phenols is 1. The van der Waals surface area contributed by atoms with E-state index < -0.39 is 17.4 Å². The van der Waals surface area contributed by atoms with Gasteiger partial charge < -0.3 is 5.11 Å². The summed E-state index contributed by atoms with van der Waals surface area (Å²) in [4.78, 5) is 2.30. The molecule has 19 heavy (non-hydrogen) atoms. The van der Waals surface area contributed by atoms with Gasteiger partial charge in [-0.05, 0) is 43.5 Å². The molecule has 1 aliphatic heterocycles. The van der Waals surface area contributed by atoms with Crippen molar-refractivity contribution in [2.45, 2.75) is 51.6 Å². The number of aromatic hydroxyl groups is 1. The van der Waals surface area contributed by atoms with Crippen molar-refractivity contribution >= 4 is 0 Å². The first-order valence-corrected chi connectivity index (χ1v) is 7.02. The minimum Gasteiger partial charge on any atom is -0.503 e. The third-order valence-corrected chi connectivity index (χ3v) is 3.93. The van der Waals surface area contributed by atoms with Gasteiger partial charge in [0.2, 0.25) is 0 Å². The van der Waals surface area contributed by atoms with Gasteiger partial charge in [0.1, 0.15) is 0 Å². The molecule has 2 nitrogen and oxygen atoms in total. The van der Waals surface area contributed by atoms with Gasteiger partial charge in [0, 0.05) is 12.6 Å². The summed E-state index contributed by atoms with van der Waals surface area (Å²) in [5.41, 5.74) is 0.591. The van der Waals surface area contributed by atoms with E-state index >= 15 is 0 Å². The molecule has 0 bridgehead atoms. The van der Waals surface area contributed by atoms with Crippen LogP contribution in [0.25, 0.3) is 0 Å². The smallest absolute Gasteiger partial charge is 0.187 e. The van der Waals surface area contributed by atoms with Crippen LogP contribution in [0.1, 0.15) is 44.6 Å². The molecule has 1 atom stereocenters. The molecule has 2 rings (SSSR count). The van der Waals surface area contributed by atoms with Gasteiger partial charge in [-0.15, -0.1) is 0 Å². The third kappa shape index (κ3) is 3.44. The Bertz CT molecular complexity index is 413. The fourth-order valence-electron chi connectivity index (χ4n) is 2.85. The molecular weight excluding hydrogens is 248 g/mol. The normalized spacial score (nSPS) is 21.3. The zero-order valence-corrected chi connectivity index (χ0v) is 11.3. The predicted molar refractivity (Wildman–Crippen MR) is 71.0 cm³/mol. The summed E-state index contributed by atoms with van der Waals surface area (Å²) < 4.78 is 26.7. The molecule has 0 saturated carbocycles. The van der Waals surface area contributed by atoms with E-state index in [-0.39, 0.29) is 0 Å². The molecule has 0 aromatic heterocycles. The zero-order chi connectivity index (χ0) is 13.8. The van der Waals surface area contributed by atoms with E-state index in [4.69, 9.17) is 5.11 Å². The van der Waals surface area contributed by atoms with Gasteiger partial charge in [-0.25, -0.2) is 8.78 Å². The number of hydrogen-bond donors (Lipinski definition) is 1. The highest BCUT2D eigenvalue weighted by Gasteiger charge is 2.20. The molecule has 1 unspecified atom stereocenters. The minimum absolute atomic E-state index is 0.488. The van der Waals surface area contributed by atoms with E-state index in [2.05, 4.69) is 11.8 Å². The minimum atomic E-state index is -0.883. The summed E-state index contributed by atoms with van der Waals surface area (Å²) in [5, 5.41) is 9.12. The molecule has 0 amide bonds. The highest BCUT2D eigenvalue weighted by molar-refractivity contribution is 5.30. The van der Waals surface area contributed by atoms with Crippen LogP contribution in [0.3, 0.4) is 0 Å². The van der Waals surface area contributed by atoms with E-state index in [1.807, 2.05) is 0 Å². The van der Waals surface area contributed by atoms with Gasteiger partial charge in [-0.1, -0.05) is 19.8 Å². The SMILES string of the molecule is CCC1CCCCCN1Cc1cc(F)c(O)c(F)c1. The summed E-state index contributed by atoms with van der Waals surface area (Å²) in [6, 6.07) is 2.95. The topological polar surface area (TPSA) is 23.5 Å². The fourth-order valence-corrected chi connectivity index (χ4v) is 2.85. The zero-order valence-electron chi connectivity index (χ0n) is 11.3. The van der Waals surface area contributed by atoms with Crippen LogP contribution in [0.5, 0.6) is 5.75 Å². The van der Waals surface area contributed by atoms with Crippen molar-refractivity contribution in [3.05, 3.63) is 29.3 Å². The largest absolute Gasteiger partial charge is 0.503 e. The molecule has 0 aliphatic carbocycles. The molecule has 1 aromatic carbocycles. The second-order valence-corrected chi connectivity index (χ2v) is 5.29. The maximum atomic E-state index is 13.3. The quantitative estimate of drug-likeness (QED) is 0.901. The monoisotopic (exact) mass is 269 g/mol. The summed E-state index contributed by atoms with van der Waals surface area (Å²) in [6.07, 6.45) is 5.81. The highest BCUT2D eigenvalue weighted by Crippen LogP contribution is 2.25. The summed E-state index contributed by atoms with van der Waals surface area (Å²) in [6.45, 7) is 3.68. The number of likely N-dealkylation sites (tertiary alicyclic amines) is 1. The lowest BCUT2D eigenvalue weighted by atomic mass is 10.1. The van der Waals surface area contributed by atoms with Crippen molar-refractivity contribution in [2.75, 3.05) is 6.54 Å². The maximum Gasteiger partial charge on any atom is 0.187 e. The Morgan fingerprint density at radius 2 is 1.89 bits per heavy atom. The third-order valence-electron chi connectivity index (χ3n) is 3.93. The summed E-state index contributed by atoms with van der Waals surface area (Å²) in [7, 11) is 0. The van der Waals surface area contributed by atoms with Crippen LogP contribution in [0.2, 0.25) is 0 Å². The number of benzene rings is 1. The first kappa shape index (κ1) is 14.3. The predicted octanol–water partition coefficient (Wildman–Crippen LogP) is 3.83. The van der Waals surface area contributed by atoms with Gasteiger partial charge >= 0.3 is 0 Å². The van der Waals surface area contributed by atoms with Crippen molar-refractivity contribution in [1.29, 1.82) is 0 Å². The van der Waals surface area contributed by atoms with Crippen molar-refractivity contribution in [2.24, 2.45) is 0 Å². The summed E-state index contributed by atoms with van der Waals surface area (Å²) in [5.74, 6) is -2.64. The van der Waals surface area contributed by atoms with Gasteiger partial charge in [0.05, 0.1) is 0 Å². The first-order valence-electron chi connectivity index (χ1n) is 7.02. The van der Waals surface area contributed by atoms with Crippen LogP contribution in [0.15, 0.2) is 12.1 Å². The average molecular weight is 269 g/mol. The molecule has 1 aliphatic rings. The van der Waals surface area contributed by atoms with Gasteiger partial charge in [-0.3, -0.25) is 4.90 Å². The number of halogens is 2. The number of phenolic OH excluding ortho intramolecular Hbond substituents is 1. The summed E-state index contributed by atoms with van der Waals surface area (Å²) >= 11 is 0. The molecule has 1 heterocycles. The lowest BCUT2D eigenvalue weighted by Crippen LogP contribution is -2.33. The molecule has 106 valence electrons. The molecule has 1 aromatic rings. The van der Waals surface area contributed by atoms with Crippen LogP contribution < -0.4 is 0 Å². The maximum absolute atomic E-state index is 13.3. The van der Waals surface area contributed by atoms with Crippen molar-refractivity contribution < 1.29 is 13.9 Å². The Kier molecular flexibility index (Phi) is 4.75. The Morgan fingerprint density at radius 3 is 2.53 bits per heavy atom. The average Bonchev–Trinajstić information content (AvgIpc) is 2.61. The van der Waals surface area contributed by atoms with E-state index in [9.17, 15) is 8.78 Å². The van der Waals surface area contributed by atoms with Crippen molar-refractivity contribution in [3.63, 3.8) is 0 Å². The van der Waals surface area contributed by atoms with E-state index in [1.165, 1.54) is 25.0 Å². The standard InChI is InChI=1S/C15H21F2NO/c1-2-12-6-4-3-5-7-18(12)10-11-8-13(16)15(19)14(17)9-11/h8-9,12,19H,2-7,10H2,1H3. The van der Waals surface area contributed by atoms with E-state index in [0.717, 1.165) is 25.8 Å². The van der Waals surface area contributed by atoms with Crippen LogP contribution in [0, 0.1) is 11.6 Å². The Morgan fingerprint density at radius 1 is 1.21 bits per heavy atom. The second-order valence-electron chi connectivity index (χ2n) is 5.29. The van der Waals surface area contributed by atoms with Crippen LogP contribution >= 0.6 is 0 Å². The van der Waals surface area contributed by atoms with Gasteiger partial charge in [0.25, 0.3) is 0 Å². The second kappa shape index (κ2) is 6.33. The number of hydrogen-bond acceptors (Lipinski definition) is 2. The lowest BCUT2D eigenvalue weighted by Gasteiger charge is -2.29. The van der Waals surface area contributed by atoms with Crippen LogP contribution in [0.4, 0.5) is 8.78 Å². The first-order chi connectivity index (χ1) is 9.11. The molecule has 0 spiro atoms. The van der Waals surface area contributed by atoms with E-state index in [0.29, 0.717) is 18.2 Å². The number of rotatable bonds is 3. The molecule has 1 fully saturated rings. The van der Waals surface area contributed by atoms with Crippen LogP contribution in [-0.2, 0) is 6.54 Å².